The number of aromatic nitrogens is 4. The molecule has 1 fully saturated rings. The van der Waals surface area contributed by atoms with Gasteiger partial charge < -0.3 is 14.5 Å². The van der Waals surface area contributed by atoms with Crippen molar-refractivity contribution in [1.82, 2.24) is 24.6 Å². The minimum atomic E-state index is 0.0531. The van der Waals surface area contributed by atoms with Gasteiger partial charge in [-0.15, -0.1) is 0 Å². The van der Waals surface area contributed by atoms with E-state index >= 15 is 0 Å². The van der Waals surface area contributed by atoms with Gasteiger partial charge in [-0.25, -0.2) is 14.6 Å². The summed E-state index contributed by atoms with van der Waals surface area (Å²) in [4.78, 5) is 27.3. The van der Waals surface area contributed by atoms with Crippen molar-refractivity contribution in [3.05, 3.63) is 71.7 Å². The summed E-state index contributed by atoms with van der Waals surface area (Å²) in [6.07, 6.45) is 3.89. The van der Waals surface area contributed by atoms with Gasteiger partial charge in [-0.05, 0) is 56.2 Å². The van der Waals surface area contributed by atoms with Crippen LogP contribution in [-0.2, 0) is 6.42 Å². The maximum absolute atomic E-state index is 13.2. The fourth-order valence-electron chi connectivity index (χ4n) is 4.85. The van der Waals surface area contributed by atoms with Gasteiger partial charge in [-0.2, -0.15) is 5.10 Å². The maximum atomic E-state index is 13.2. The number of aryl methyl sites for hydroxylation is 2. The van der Waals surface area contributed by atoms with Gasteiger partial charge in [0.15, 0.2) is 5.65 Å². The Hall–Kier alpha value is -3.94. The van der Waals surface area contributed by atoms with Crippen LogP contribution < -0.4 is 9.64 Å². The molecule has 8 nitrogen and oxygen atoms in total. The van der Waals surface area contributed by atoms with E-state index in [9.17, 15) is 4.79 Å². The summed E-state index contributed by atoms with van der Waals surface area (Å²) in [6.45, 7) is 9.68. The molecular weight excluding hydrogens is 476 g/mol. The molecule has 0 saturated carbocycles. The summed E-state index contributed by atoms with van der Waals surface area (Å²) in [5.74, 6) is 2.60. The SMILES string of the molecule is CCCCOc1ccc(C(=O)N2CCN(c3nc(CCC)nc4c3c(C)nn4-c3ccccc3)CC2)cc1. The van der Waals surface area contributed by atoms with Crippen molar-refractivity contribution in [3.8, 4) is 11.4 Å². The molecule has 0 unspecified atom stereocenters. The molecule has 5 rings (SSSR count). The molecule has 8 heteroatoms. The number of hydrogen-bond donors (Lipinski definition) is 0. The minimum Gasteiger partial charge on any atom is -0.494 e. The predicted molar refractivity (Wildman–Crippen MR) is 150 cm³/mol. The van der Waals surface area contributed by atoms with E-state index in [1.165, 1.54) is 0 Å². The number of anilines is 1. The lowest BCUT2D eigenvalue weighted by Crippen LogP contribution is -2.49. The zero-order valence-corrected chi connectivity index (χ0v) is 22.6. The smallest absolute Gasteiger partial charge is 0.253 e. The van der Waals surface area contributed by atoms with Crippen LogP contribution in [0.2, 0.25) is 0 Å². The number of ether oxygens (including phenoxy) is 1. The van der Waals surface area contributed by atoms with Crippen molar-refractivity contribution in [3.63, 3.8) is 0 Å². The van der Waals surface area contributed by atoms with E-state index in [-0.39, 0.29) is 5.91 Å². The zero-order chi connectivity index (χ0) is 26.5. The fourth-order valence-corrected chi connectivity index (χ4v) is 4.85. The van der Waals surface area contributed by atoms with Crippen LogP contribution in [0.3, 0.4) is 0 Å². The number of nitrogens with zero attached hydrogens (tertiary/aromatic N) is 6. The third-order valence-corrected chi connectivity index (χ3v) is 6.94. The first kappa shape index (κ1) is 25.7. The highest BCUT2D eigenvalue weighted by Gasteiger charge is 2.27. The van der Waals surface area contributed by atoms with Gasteiger partial charge in [0.05, 0.1) is 23.4 Å². The fraction of sp³-hybridized carbons (Fsp3) is 0.400. The quantitative estimate of drug-likeness (QED) is 0.286. The summed E-state index contributed by atoms with van der Waals surface area (Å²) < 4.78 is 7.66. The summed E-state index contributed by atoms with van der Waals surface area (Å²) in [6, 6.07) is 17.6. The van der Waals surface area contributed by atoms with E-state index in [4.69, 9.17) is 19.8 Å². The van der Waals surface area contributed by atoms with Crippen LogP contribution >= 0.6 is 0 Å². The number of carbonyl (C=O) groups is 1. The number of amides is 1. The van der Waals surface area contributed by atoms with Gasteiger partial charge in [-0.1, -0.05) is 38.5 Å². The van der Waals surface area contributed by atoms with Crippen molar-refractivity contribution in [2.45, 2.75) is 46.5 Å². The molecule has 0 radical (unpaired) electrons. The third kappa shape index (κ3) is 5.35. The highest BCUT2D eigenvalue weighted by atomic mass is 16.5. The van der Waals surface area contributed by atoms with Crippen LogP contribution in [0.25, 0.3) is 16.7 Å². The lowest BCUT2D eigenvalue weighted by atomic mass is 10.1. The first-order valence-corrected chi connectivity index (χ1v) is 13.7. The van der Waals surface area contributed by atoms with Crippen molar-refractivity contribution in [2.24, 2.45) is 0 Å². The molecule has 3 heterocycles. The summed E-state index contributed by atoms with van der Waals surface area (Å²) in [5.41, 5.74) is 3.41. The largest absolute Gasteiger partial charge is 0.494 e. The zero-order valence-electron chi connectivity index (χ0n) is 22.6. The van der Waals surface area contributed by atoms with Gasteiger partial charge in [-0.3, -0.25) is 4.79 Å². The molecule has 198 valence electrons. The first-order chi connectivity index (χ1) is 18.6. The number of piperazine rings is 1. The number of unbranched alkanes of at least 4 members (excludes halogenated alkanes) is 1. The third-order valence-electron chi connectivity index (χ3n) is 6.94. The molecule has 0 spiro atoms. The molecule has 38 heavy (non-hydrogen) atoms. The van der Waals surface area contributed by atoms with E-state index in [0.29, 0.717) is 38.3 Å². The average molecular weight is 513 g/mol. The number of hydrogen-bond acceptors (Lipinski definition) is 6. The molecule has 2 aromatic carbocycles. The number of fused-ring (bicyclic) bond motifs is 1. The van der Waals surface area contributed by atoms with Gasteiger partial charge in [0.25, 0.3) is 5.91 Å². The molecule has 1 saturated heterocycles. The van der Waals surface area contributed by atoms with Gasteiger partial charge >= 0.3 is 0 Å². The normalized spacial score (nSPS) is 13.8. The van der Waals surface area contributed by atoms with Crippen LogP contribution in [0.4, 0.5) is 5.82 Å². The lowest BCUT2D eigenvalue weighted by Gasteiger charge is -2.36. The van der Waals surface area contributed by atoms with E-state index in [2.05, 4.69) is 18.7 Å². The second kappa shape index (κ2) is 11.6. The van der Waals surface area contributed by atoms with E-state index in [1.807, 2.05) is 71.1 Å². The van der Waals surface area contributed by atoms with E-state index in [0.717, 1.165) is 65.5 Å². The van der Waals surface area contributed by atoms with Crippen molar-refractivity contribution < 1.29 is 9.53 Å². The summed E-state index contributed by atoms with van der Waals surface area (Å²) >= 11 is 0. The lowest BCUT2D eigenvalue weighted by molar-refractivity contribution is 0.0746. The highest BCUT2D eigenvalue weighted by molar-refractivity contribution is 5.95. The summed E-state index contributed by atoms with van der Waals surface area (Å²) in [7, 11) is 0. The predicted octanol–water partition coefficient (Wildman–Crippen LogP) is 5.22. The Balaban J connectivity index is 1.35. The second-order valence-electron chi connectivity index (χ2n) is 9.75. The topological polar surface area (TPSA) is 76.4 Å². The van der Waals surface area contributed by atoms with Crippen LogP contribution in [0.15, 0.2) is 54.6 Å². The molecule has 1 amide bonds. The monoisotopic (exact) mass is 512 g/mol. The molecule has 0 N–H and O–H groups in total. The molecular formula is C30H36N6O2. The van der Waals surface area contributed by atoms with E-state index < -0.39 is 0 Å². The standard InChI is InChI=1S/C30H36N6O2/c1-4-6-21-38-25-15-13-23(14-16-25)30(37)35-19-17-34(18-20-35)28-27-22(3)33-36(24-11-8-7-9-12-24)29(27)32-26(31-28)10-5-2/h7-9,11-16H,4-6,10,17-21H2,1-3H3. The van der Waals surface area contributed by atoms with Crippen molar-refractivity contribution >= 4 is 22.8 Å². The second-order valence-corrected chi connectivity index (χ2v) is 9.75. The number of carbonyl (C=O) groups excluding carboxylic acids is 1. The molecule has 0 aliphatic carbocycles. The Kier molecular flexibility index (Phi) is 7.86. The van der Waals surface area contributed by atoms with E-state index in [1.54, 1.807) is 0 Å². The number of benzene rings is 2. The highest BCUT2D eigenvalue weighted by Crippen LogP contribution is 2.30. The Morgan fingerprint density at radius 2 is 1.66 bits per heavy atom. The molecule has 2 aromatic heterocycles. The Morgan fingerprint density at radius 1 is 0.921 bits per heavy atom. The molecule has 1 aliphatic heterocycles. The first-order valence-electron chi connectivity index (χ1n) is 13.7. The Bertz CT molecular complexity index is 1380. The Labute approximate surface area is 224 Å². The molecule has 0 bridgehead atoms. The van der Waals surface area contributed by atoms with Crippen LogP contribution in [0.5, 0.6) is 5.75 Å². The molecule has 4 aromatic rings. The van der Waals surface area contributed by atoms with Crippen LogP contribution in [0, 0.1) is 6.92 Å². The minimum absolute atomic E-state index is 0.0531. The van der Waals surface area contributed by atoms with Crippen LogP contribution in [0.1, 0.15) is 55.0 Å². The maximum Gasteiger partial charge on any atom is 0.253 e. The molecule has 1 aliphatic rings. The number of rotatable bonds is 9. The average Bonchev–Trinajstić information content (AvgIpc) is 3.29. The Morgan fingerprint density at radius 3 is 2.34 bits per heavy atom. The van der Waals surface area contributed by atoms with Gasteiger partial charge in [0.2, 0.25) is 0 Å². The van der Waals surface area contributed by atoms with Crippen molar-refractivity contribution in [1.29, 1.82) is 0 Å². The van der Waals surface area contributed by atoms with Gasteiger partial charge in [0, 0.05) is 38.2 Å². The van der Waals surface area contributed by atoms with Gasteiger partial charge in [0.1, 0.15) is 17.4 Å². The van der Waals surface area contributed by atoms with Crippen molar-refractivity contribution in [2.75, 3.05) is 37.7 Å². The number of para-hydroxylation sites is 1. The summed E-state index contributed by atoms with van der Waals surface area (Å²) in [5, 5.41) is 5.82. The van der Waals surface area contributed by atoms with Crippen LogP contribution in [-0.4, -0.2) is 63.3 Å². The molecule has 0 atom stereocenters.